The van der Waals surface area contributed by atoms with Crippen molar-refractivity contribution in [3.8, 4) is 0 Å². The van der Waals surface area contributed by atoms with Gasteiger partial charge in [0.05, 0.1) is 12.1 Å². The van der Waals surface area contributed by atoms with Gasteiger partial charge < -0.3 is 5.32 Å². The molecule has 1 aromatic rings. The van der Waals surface area contributed by atoms with Crippen LogP contribution in [-0.4, -0.2) is 29.8 Å². The minimum atomic E-state index is -1.05. The van der Waals surface area contributed by atoms with Crippen molar-refractivity contribution in [2.75, 3.05) is 12.4 Å². The number of imide groups is 1. The van der Waals surface area contributed by atoms with Gasteiger partial charge in [-0.15, -0.1) is 0 Å². The highest BCUT2D eigenvalue weighted by Gasteiger charge is 2.36. The van der Waals surface area contributed by atoms with E-state index in [9.17, 15) is 18.4 Å². The quantitative estimate of drug-likeness (QED) is 0.788. The third kappa shape index (κ3) is 1.98. The van der Waals surface area contributed by atoms with Crippen LogP contribution in [0.15, 0.2) is 18.2 Å². The van der Waals surface area contributed by atoms with Gasteiger partial charge >= 0.3 is 0 Å². The van der Waals surface area contributed by atoms with Gasteiger partial charge in [0, 0.05) is 7.05 Å². The molecule has 1 saturated heterocycles. The molecule has 2 amide bonds. The van der Waals surface area contributed by atoms with E-state index in [0.717, 1.165) is 11.0 Å². The Morgan fingerprint density at radius 2 is 2.06 bits per heavy atom. The summed E-state index contributed by atoms with van der Waals surface area (Å²) in [4.78, 5) is 23.7. The van der Waals surface area contributed by atoms with Crippen molar-refractivity contribution in [2.24, 2.45) is 0 Å². The van der Waals surface area contributed by atoms with Gasteiger partial charge in [0.25, 0.3) is 5.91 Å². The van der Waals surface area contributed by atoms with Crippen molar-refractivity contribution in [3.63, 3.8) is 0 Å². The van der Waals surface area contributed by atoms with Crippen LogP contribution < -0.4 is 5.32 Å². The van der Waals surface area contributed by atoms with E-state index in [0.29, 0.717) is 0 Å². The lowest BCUT2D eigenvalue weighted by molar-refractivity contribution is -0.136. The number of halogens is 2. The summed E-state index contributed by atoms with van der Waals surface area (Å²) in [5.74, 6) is -2.84. The van der Waals surface area contributed by atoms with E-state index >= 15 is 0 Å². The molecule has 1 unspecified atom stereocenters. The Morgan fingerprint density at radius 1 is 1.35 bits per heavy atom. The number of amides is 2. The second-order valence-electron chi connectivity index (χ2n) is 3.79. The monoisotopic (exact) mass is 240 g/mol. The Bertz CT molecular complexity index is 490. The van der Waals surface area contributed by atoms with E-state index in [1.165, 1.54) is 19.2 Å². The molecule has 1 aliphatic heterocycles. The number of benzene rings is 1. The van der Waals surface area contributed by atoms with Crippen molar-refractivity contribution in [1.29, 1.82) is 0 Å². The van der Waals surface area contributed by atoms with E-state index in [-0.39, 0.29) is 18.0 Å². The van der Waals surface area contributed by atoms with Crippen LogP contribution in [0, 0.1) is 11.6 Å². The van der Waals surface area contributed by atoms with Gasteiger partial charge in [0.2, 0.25) is 5.91 Å². The number of nitrogens with zero attached hydrogens (tertiary/aromatic N) is 1. The Kier molecular flexibility index (Phi) is 2.79. The zero-order valence-electron chi connectivity index (χ0n) is 9.04. The molecule has 0 bridgehead atoms. The first-order valence-electron chi connectivity index (χ1n) is 5.01. The van der Waals surface area contributed by atoms with Crippen LogP contribution in [0.25, 0.3) is 0 Å². The number of carbonyl (C=O) groups is 2. The SMILES string of the molecule is CN1C(=O)CC(Nc2cccc(F)c2F)C1=O. The summed E-state index contributed by atoms with van der Waals surface area (Å²) < 4.78 is 26.3. The highest BCUT2D eigenvalue weighted by atomic mass is 19.2. The molecule has 2 rings (SSSR count). The minimum Gasteiger partial charge on any atom is -0.371 e. The minimum absolute atomic E-state index is 0.0503. The predicted octanol–water partition coefficient (Wildman–Crippen LogP) is 1.13. The molecule has 6 heteroatoms. The Morgan fingerprint density at radius 3 is 2.65 bits per heavy atom. The Balaban J connectivity index is 2.20. The number of rotatable bonds is 2. The fraction of sp³-hybridized carbons (Fsp3) is 0.273. The molecule has 4 nitrogen and oxygen atoms in total. The number of likely N-dealkylation sites (N-methyl/N-ethyl adjacent to an activating group) is 1. The number of nitrogens with one attached hydrogen (secondary N) is 1. The number of hydrogen-bond acceptors (Lipinski definition) is 3. The number of anilines is 1. The van der Waals surface area contributed by atoms with Crippen LogP contribution in [0.3, 0.4) is 0 Å². The fourth-order valence-corrected chi connectivity index (χ4v) is 1.67. The van der Waals surface area contributed by atoms with E-state index < -0.39 is 23.6 Å². The third-order valence-corrected chi connectivity index (χ3v) is 2.66. The summed E-state index contributed by atoms with van der Waals surface area (Å²) in [6.45, 7) is 0. The van der Waals surface area contributed by atoms with Crippen molar-refractivity contribution >= 4 is 17.5 Å². The zero-order chi connectivity index (χ0) is 12.6. The lowest BCUT2D eigenvalue weighted by atomic mass is 10.2. The smallest absolute Gasteiger partial charge is 0.251 e. The van der Waals surface area contributed by atoms with Gasteiger partial charge in [-0.05, 0) is 12.1 Å². The van der Waals surface area contributed by atoms with Crippen molar-refractivity contribution in [3.05, 3.63) is 29.8 Å². The highest BCUT2D eigenvalue weighted by molar-refractivity contribution is 6.06. The van der Waals surface area contributed by atoms with Crippen LogP contribution in [0.4, 0.5) is 14.5 Å². The van der Waals surface area contributed by atoms with Gasteiger partial charge in [-0.2, -0.15) is 0 Å². The second kappa shape index (κ2) is 4.12. The average molecular weight is 240 g/mol. The second-order valence-corrected chi connectivity index (χ2v) is 3.79. The first kappa shape index (κ1) is 11.5. The zero-order valence-corrected chi connectivity index (χ0v) is 9.04. The van der Waals surface area contributed by atoms with Crippen LogP contribution in [0.1, 0.15) is 6.42 Å². The predicted molar refractivity (Wildman–Crippen MR) is 56.2 cm³/mol. The summed E-state index contributed by atoms with van der Waals surface area (Å²) >= 11 is 0. The molecule has 1 aromatic carbocycles. The summed E-state index contributed by atoms with van der Waals surface area (Å²) in [7, 11) is 1.36. The number of carbonyl (C=O) groups excluding carboxylic acids is 2. The first-order valence-corrected chi connectivity index (χ1v) is 5.01. The molecule has 90 valence electrons. The lowest BCUT2D eigenvalue weighted by Crippen LogP contribution is -2.32. The van der Waals surface area contributed by atoms with Gasteiger partial charge in [-0.3, -0.25) is 14.5 Å². The molecule has 17 heavy (non-hydrogen) atoms. The molecule has 1 aliphatic rings. The van der Waals surface area contributed by atoms with Gasteiger partial charge in [0.1, 0.15) is 6.04 Å². The summed E-state index contributed by atoms with van der Waals surface area (Å²) in [5, 5.41) is 2.53. The third-order valence-electron chi connectivity index (χ3n) is 2.66. The largest absolute Gasteiger partial charge is 0.371 e. The van der Waals surface area contributed by atoms with E-state index in [1.807, 2.05) is 0 Å². The van der Waals surface area contributed by atoms with E-state index in [2.05, 4.69) is 5.32 Å². The first-order chi connectivity index (χ1) is 8.00. The highest BCUT2D eigenvalue weighted by Crippen LogP contribution is 2.21. The van der Waals surface area contributed by atoms with Crippen molar-refractivity contribution < 1.29 is 18.4 Å². The molecule has 1 heterocycles. The van der Waals surface area contributed by atoms with Gasteiger partial charge in [-0.25, -0.2) is 8.78 Å². The molecule has 0 radical (unpaired) electrons. The van der Waals surface area contributed by atoms with E-state index in [1.54, 1.807) is 0 Å². The maximum atomic E-state index is 13.3. The lowest BCUT2D eigenvalue weighted by Gasteiger charge is -2.13. The maximum absolute atomic E-state index is 13.3. The molecule has 0 aliphatic carbocycles. The topological polar surface area (TPSA) is 49.4 Å². The molecule has 1 N–H and O–H groups in total. The fourth-order valence-electron chi connectivity index (χ4n) is 1.67. The van der Waals surface area contributed by atoms with E-state index in [4.69, 9.17) is 0 Å². The molecule has 0 aromatic heterocycles. The molecular formula is C11H10F2N2O2. The standard InChI is InChI=1S/C11H10F2N2O2/c1-15-9(16)5-8(11(15)17)14-7-4-2-3-6(12)10(7)13/h2-4,8,14H,5H2,1H3. The molecule has 0 saturated carbocycles. The summed E-state index contributed by atoms with van der Waals surface area (Å²) in [6, 6.07) is 2.79. The number of hydrogen-bond donors (Lipinski definition) is 1. The normalized spacial score (nSPS) is 19.9. The molecule has 0 spiro atoms. The molecular weight excluding hydrogens is 230 g/mol. The van der Waals surface area contributed by atoms with Crippen molar-refractivity contribution in [2.45, 2.75) is 12.5 Å². The van der Waals surface area contributed by atoms with Crippen LogP contribution in [0.2, 0.25) is 0 Å². The molecule has 1 atom stereocenters. The van der Waals surface area contributed by atoms with Gasteiger partial charge in [-0.1, -0.05) is 6.07 Å². The van der Waals surface area contributed by atoms with Crippen molar-refractivity contribution in [1.82, 2.24) is 4.90 Å². The summed E-state index contributed by atoms with van der Waals surface area (Å²) in [5.41, 5.74) is -0.119. The average Bonchev–Trinajstić information content (AvgIpc) is 2.53. The Labute approximate surface area is 96.2 Å². The molecule has 1 fully saturated rings. The number of likely N-dealkylation sites (tertiary alicyclic amines) is 1. The van der Waals surface area contributed by atoms with Gasteiger partial charge in [0.15, 0.2) is 11.6 Å². The Hall–Kier alpha value is -1.98. The van der Waals surface area contributed by atoms with Crippen LogP contribution >= 0.6 is 0 Å². The van der Waals surface area contributed by atoms with Crippen LogP contribution in [-0.2, 0) is 9.59 Å². The summed E-state index contributed by atoms with van der Waals surface area (Å²) in [6.07, 6.45) is -0.0503. The maximum Gasteiger partial charge on any atom is 0.251 e. The van der Waals surface area contributed by atoms with Crippen LogP contribution in [0.5, 0.6) is 0 Å².